The van der Waals surface area contributed by atoms with E-state index < -0.39 is 40.4 Å². The van der Waals surface area contributed by atoms with Crippen molar-refractivity contribution < 1.29 is 19.5 Å². The van der Waals surface area contributed by atoms with Gasteiger partial charge in [0.05, 0.1) is 11.6 Å². The van der Waals surface area contributed by atoms with Crippen LogP contribution in [0.1, 0.15) is 66.1 Å². The first-order valence-corrected chi connectivity index (χ1v) is 13.4. The Morgan fingerprint density at radius 1 is 1.09 bits per heavy atom. The summed E-state index contributed by atoms with van der Waals surface area (Å²) < 4.78 is 0.945. The number of carboxylic acids is 1. The molecule has 3 aromatic carbocycles. The largest absolute Gasteiger partial charge is 0.478 e. The molecule has 6 rings (SSSR count). The highest BCUT2D eigenvalue weighted by Crippen LogP contribution is 2.35. The first-order valence-electron chi connectivity index (χ1n) is 13.4. The molecule has 1 aliphatic carbocycles. The highest BCUT2D eigenvalue weighted by molar-refractivity contribution is 5.98. The number of hydrogen-bond donors (Lipinski definition) is 6. The molecule has 44 heavy (non-hydrogen) atoms. The van der Waals surface area contributed by atoms with Crippen LogP contribution in [0.5, 0.6) is 0 Å². The molecule has 222 valence electrons. The third-order valence-corrected chi connectivity index (χ3v) is 7.68. The number of anilines is 3. The molecule has 0 aliphatic heterocycles. The van der Waals surface area contributed by atoms with Crippen molar-refractivity contribution in [3.63, 3.8) is 0 Å². The van der Waals surface area contributed by atoms with Crippen molar-refractivity contribution in [2.45, 2.75) is 32.4 Å². The van der Waals surface area contributed by atoms with E-state index in [0.717, 1.165) is 15.5 Å². The molecule has 0 saturated heterocycles. The molecule has 0 radical (unpaired) electrons. The quantitative estimate of drug-likeness (QED) is 0.136. The fourth-order valence-corrected chi connectivity index (χ4v) is 5.40. The van der Waals surface area contributed by atoms with Crippen LogP contribution in [-0.4, -0.2) is 42.5 Å². The van der Waals surface area contributed by atoms with Gasteiger partial charge in [-0.2, -0.15) is 0 Å². The molecule has 5 aromatic rings. The lowest BCUT2D eigenvalue weighted by molar-refractivity contribution is 0.0695. The number of benzene rings is 2. The number of amides is 2. The van der Waals surface area contributed by atoms with Gasteiger partial charge in [0.15, 0.2) is 0 Å². The van der Waals surface area contributed by atoms with Crippen LogP contribution in [0.2, 0.25) is 0 Å². The van der Waals surface area contributed by atoms with E-state index in [1.54, 1.807) is 37.3 Å². The van der Waals surface area contributed by atoms with E-state index in [1.807, 2.05) is 0 Å². The summed E-state index contributed by atoms with van der Waals surface area (Å²) in [5, 5.41) is 23.9. The summed E-state index contributed by atoms with van der Waals surface area (Å²) >= 11 is 0. The molecule has 0 spiro atoms. The number of carbonyl (C=O) groups is 3. The maximum Gasteiger partial charge on any atom is 0.349 e. The number of nitrogens with two attached hydrogens (primary N) is 1. The Kier molecular flexibility index (Phi) is 6.76. The molecule has 15 nitrogen and oxygen atoms in total. The van der Waals surface area contributed by atoms with Crippen molar-refractivity contribution in [1.82, 2.24) is 30.2 Å². The second kappa shape index (κ2) is 10.6. The zero-order valence-electron chi connectivity index (χ0n) is 23.1. The molecular weight excluding hydrogens is 572 g/mol. The lowest BCUT2D eigenvalue weighted by atomic mass is 9.98. The zero-order chi connectivity index (χ0) is 31.3. The zero-order valence-corrected chi connectivity index (χ0v) is 23.1. The third kappa shape index (κ3) is 4.75. The monoisotopic (exact) mass is 596 g/mol. The summed E-state index contributed by atoms with van der Waals surface area (Å²) in [6, 6.07) is 10.7. The summed E-state index contributed by atoms with van der Waals surface area (Å²) in [6.07, 6.45) is 1.13. The molecule has 2 heterocycles. The van der Waals surface area contributed by atoms with Crippen LogP contribution in [0.25, 0.3) is 5.78 Å². The molecule has 2 amide bonds. The SMILES string of the molecule is Cc1c(C(=O)O)ccc2c1CC[C@@H]2NC(=O)c1cc(C(=O)NCc2cccc(Nc3c(N)c(=O)c3=O)c2)n2c(=O)[nH]nc2n1. The van der Waals surface area contributed by atoms with Gasteiger partial charge in [0.2, 0.25) is 0 Å². The third-order valence-electron chi connectivity index (χ3n) is 7.68. The van der Waals surface area contributed by atoms with E-state index in [0.29, 0.717) is 29.7 Å². The first kappa shape index (κ1) is 28.0. The number of nitrogen functional groups attached to an aromatic ring is 1. The summed E-state index contributed by atoms with van der Waals surface area (Å²) in [5.41, 5.74) is 6.51. The van der Waals surface area contributed by atoms with Crippen molar-refractivity contribution in [1.29, 1.82) is 0 Å². The van der Waals surface area contributed by atoms with Crippen molar-refractivity contribution in [3.05, 3.63) is 113 Å². The minimum atomic E-state index is -1.02. The van der Waals surface area contributed by atoms with Gasteiger partial charge in [-0.05, 0) is 66.3 Å². The number of nitrogens with zero attached hydrogens (tertiary/aromatic N) is 3. The minimum absolute atomic E-state index is 0.00161. The van der Waals surface area contributed by atoms with Gasteiger partial charge in [0, 0.05) is 12.2 Å². The Morgan fingerprint density at radius 2 is 1.89 bits per heavy atom. The van der Waals surface area contributed by atoms with Crippen LogP contribution >= 0.6 is 0 Å². The maximum atomic E-state index is 13.3. The highest BCUT2D eigenvalue weighted by atomic mass is 16.4. The van der Waals surface area contributed by atoms with Gasteiger partial charge in [0.25, 0.3) is 28.4 Å². The van der Waals surface area contributed by atoms with Gasteiger partial charge >= 0.3 is 11.7 Å². The van der Waals surface area contributed by atoms with Crippen LogP contribution < -0.4 is 38.2 Å². The van der Waals surface area contributed by atoms with Gasteiger partial charge in [-0.3, -0.25) is 19.2 Å². The molecule has 1 aliphatic rings. The molecule has 0 saturated carbocycles. The van der Waals surface area contributed by atoms with Crippen LogP contribution in [0.3, 0.4) is 0 Å². The number of carboxylic acid groups (broad SMARTS) is 1. The number of rotatable bonds is 8. The Balaban J connectivity index is 1.21. The number of fused-ring (bicyclic) bond motifs is 2. The Bertz CT molecular complexity index is 2160. The minimum Gasteiger partial charge on any atom is -0.478 e. The van der Waals surface area contributed by atoms with E-state index in [-0.39, 0.29) is 40.6 Å². The molecule has 15 heteroatoms. The van der Waals surface area contributed by atoms with Crippen molar-refractivity contribution in [2.24, 2.45) is 0 Å². The van der Waals surface area contributed by atoms with Crippen LogP contribution in [0.15, 0.2) is 56.8 Å². The predicted molar refractivity (Wildman–Crippen MR) is 157 cm³/mol. The van der Waals surface area contributed by atoms with Gasteiger partial charge in [-0.25, -0.2) is 24.1 Å². The summed E-state index contributed by atoms with van der Waals surface area (Å²) in [7, 11) is 0. The number of aromatic carboxylic acids is 1. The molecule has 0 fully saturated rings. The number of aromatic amines is 1. The lowest BCUT2D eigenvalue weighted by Gasteiger charge is -2.16. The smallest absolute Gasteiger partial charge is 0.349 e. The molecular formula is C29H24N8O7. The van der Waals surface area contributed by atoms with Gasteiger partial charge in [-0.1, -0.05) is 18.2 Å². The second-order valence-corrected chi connectivity index (χ2v) is 10.3. The summed E-state index contributed by atoms with van der Waals surface area (Å²) in [5.74, 6) is -2.50. The van der Waals surface area contributed by atoms with Crippen LogP contribution in [-0.2, 0) is 13.0 Å². The van der Waals surface area contributed by atoms with Crippen molar-refractivity contribution >= 4 is 40.6 Å². The van der Waals surface area contributed by atoms with E-state index in [4.69, 9.17) is 5.73 Å². The second-order valence-electron chi connectivity index (χ2n) is 10.3. The van der Waals surface area contributed by atoms with Crippen LogP contribution in [0.4, 0.5) is 17.1 Å². The Labute approximate surface area is 246 Å². The number of hydrogen-bond acceptors (Lipinski definition) is 10. The van der Waals surface area contributed by atoms with Gasteiger partial charge < -0.3 is 26.8 Å². The molecule has 7 N–H and O–H groups in total. The van der Waals surface area contributed by atoms with Gasteiger partial charge in [0.1, 0.15) is 22.8 Å². The van der Waals surface area contributed by atoms with Crippen LogP contribution in [0, 0.1) is 6.92 Å². The Morgan fingerprint density at radius 3 is 2.64 bits per heavy atom. The number of aromatic nitrogens is 4. The molecule has 0 bridgehead atoms. The number of nitrogens with one attached hydrogen (secondary N) is 4. The molecule has 1 atom stereocenters. The average Bonchev–Trinajstić information content (AvgIpc) is 3.61. The summed E-state index contributed by atoms with van der Waals surface area (Å²) in [4.78, 5) is 77.8. The average molecular weight is 597 g/mol. The number of carbonyl (C=O) groups excluding carboxylic acids is 2. The lowest BCUT2D eigenvalue weighted by Crippen LogP contribution is -2.36. The predicted octanol–water partition coefficient (Wildman–Crippen LogP) is 0.693. The first-order chi connectivity index (χ1) is 21.0. The highest BCUT2D eigenvalue weighted by Gasteiger charge is 2.29. The van der Waals surface area contributed by atoms with Gasteiger partial charge in [-0.15, -0.1) is 5.10 Å². The maximum absolute atomic E-state index is 13.3. The van der Waals surface area contributed by atoms with E-state index in [1.165, 1.54) is 12.1 Å². The van der Waals surface area contributed by atoms with E-state index >= 15 is 0 Å². The molecule has 0 unspecified atom stereocenters. The van der Waals surface area contributed by atoms with E-state index in [2.05, 4.69) is 31.1 Å². The summed E-state index contributed by atoms with van der Waals surface area (Å²) in [6.45, 7) is 1.74. The topological polar surface area (TPSA) is 231 Å². The fraction of sp³-hybridized carbons (Fsp3) is 0.172. The van der Waals surface area contributed by atoms with Crippen molar-refractivity contribution in [2.75, 3.05) is 11.1 Å². The van der Waals surface area contributed by atoms with E-state index in [9.17, 15) is 33.9 Å². The molecule has 2 aromatic heterocycles. The number of H-pyrrole nitrogens is 1. The fourth-order valence-electron chi connectivity index (χ4n) is 5.40. The normalized spacial score (nSPS) is 14.0. The van der Waals surface area contributed by atoms with Crippen molar-refractivity contribution in [3.8, 4) is 0 Å². The standard InChI is InChI=1S/C29H24N8O7/c1-12-15-7-8-18(17(15)6-5-16(12)27(42)43)33-25(40)19-10-20(37-28(34-19)35-36-29(37)44)26(41)31-11-13-3-2-4-14(9-13)32-22-21(30)23(38)24(22)39/h2-6,9-10,18,32H,7-8,11,30H2,1H3,(H,31,41)(H,33,40)(H,36,44)(H,42,43)/t18-/m0/s1. The Hall–Kier alpha value is -6.12.